The maximum absolute atomic E-state index is 12.6. The molecule has 2 aromatic rings. The van der Waals surface area contributed by atoms with Crippen molar-refractivity contribution in [1.82, 2.24) is 10.2 Å². The average molecular weight is 355 g/mol. The number of nitro groups is 1. The van der Waals surface area contributed by atoms with Gasteiger partial charge in [0.1, 0.15) is 5.69 Å². The van der Waals surface area contributed by atoms with Crippen LogP contribution in [0.25, 0.3) is 0 Å². The van der Waals surface area contributed by atoms with E-state index in [9.17, 15) is 14.9 Å². The van der Waals surface area contributed by atoms with Crippen molar-refractivity contribution < 1.29 is 9.72 Å². The van der Waals surface area contributed by atoms with Gasteiger partial charge in [0, 0.05) is 41.9 Å². The van der Waals surface area contributed by atoms with Crippen molar-refractivity contribution >= 4 is 23.1 Å². The molecule has 1 saturated carbocycles. The Balaban J connectivity index is 1.57. The molecule has 1 saturated heterocycles. The zero-order chi connectivity index (χ0) is 18.3. The molecule has 4 rings (SSSR count). The topological polar surface area (TPSA) is 104 Å². The molecule has 2 fully saturated rings. The molecule has 0 spiro atoms. The first-order valence-corrected chi connectivity index (χ1v) is 8.94. The molecule has 8 nitrogen and oxygen atoms in total. The van der Waals surface area contributed by atoms with Crippen LogP contribution in [0.2, 0.25) is 0 Å². The van der Waals surface area contributed by atoms with Crippen molar-refractivity contribution in [3.8, 4) is 0 Å². The number of nitrogens with zero attached hydrogens (tertiary/aromatic N) is 3. The van der Waals surface area contributed by atoms with Gasteiger partial charge >= 0.3 is 0 Å². The molecule has 0 radical (unpaired) electrons. The number of carbonyl (C=O) groups is 1. The second-order valence-corrected chi connectivity index (χ2v) is 6.99. The molecule has 26 heavy (non-hydrogen) atoms. The number of hydrogen-bond acceptors (Lipinski definition) is 5. The van der Waals surface area contributed by atoms with Gasteiger partial charge in [0.05, 0.1) is 4.92 Å². The third-order valence-electron chi connectivity index (χ3n) is 5.15. The fourth-order valence-corrected chi connectivity index (χ4v) is 3.52. The maximum Gasteiger partial charge on any atom is 0.293 e. The normalized spacial score (nSPS) is 16.7. The summed E-state index contributed by atoms with van der Waals surface area (Å²) in [5.41, 5.74) is 2.81. The average Bonchev–Trinajstić information content (AvgIpc) is 3.19. The number of nitro benzene ring substituents is 1. The van der Waals surface area contributed by atoms with Gasteiger partial charge in [-0.2, -0.15) is 5.10 Å². The number of H-pyrrole nitrogens is 1. The molecule has 1 aromatic heterocycles. The number of anilines is 2. The van der Waals surface area contributed by atoms with Crippen LogP contribution in [0.1, 0.15) is 53.2 Å². The van der Waals surface area contributed by atoms with E-state index < -0.39 is 10.8 Å². The molecular formula is C18H21N5O3. The van der Waals surface area contributed by atoms with Gasteiger partial charge in [-0.3, -0.25) is 20.0 Å². The number of benzene rings is 1. The minimum atomic E-state index is -0.421. The number of hydrogen-bond donors (Lipinski definition) is 2. The predicted molar refractivity (Wildman–Crippen MR) is 97.8 cm³/mol. The number of nitrogens with one attached hydrogen (secondary N) is 2. The summed E-state index contributed by atoms with van der Waals surface area (Å²) >= 11 is 0. The zero-order valence-electron chi connectivity index (χ0n) is 14.6. The van der Waals surface area contributed by atoms with Crippen LogP contribution in [0, 0.1) is 17.0 Å². The highest BCUT2D eigenvalue weighted by Crippen LogP contribution is 2.41. The lowest BCUT2D eigenvalue weighted by Gasteiger charge is -2.17. The van der Waals surface area contributed by atoms with E-state index >= 15 is 0 Å². The standard InChI is InChI=1S/C18H21N5O3/c1-11-16(12-4-5-12)20-21-17(11)19-18(24)13-6-7-14(15(10-13)23(25)26)22-8-2-3-9-22/h6-7,10,12H,2-5,8-9H2,1H3,(H2,19,20,21,24). The monoisotopic (exact) mass is 355 g/mol. The van der Waals surface area contributed by atoms with Crippen molar-refractivity contribution in [2.24, 2.45) is 0 Å². The van der Waals surface area contributed by atoms with Gasteiger partial charge in [0.2, 0.25) is 0 Å². The first-order chi connectivity index (χ1) is 12.5. The van der Waals surface area contributed by atoms with E-state index in [1.165, 1.54) is 6.07 Å². The number of rotatable bonds is 5. The van der Waals surface area contributed by atoms with Crippen molar-refractivity contribution in [3.05, 3.63) is 45.1 Å². The third kappa shape index (κ3) is 3.02. The fourth-order valence-electron chi connectivity index (χ4n) is 3.52. The first kappa shape index (κ1) is 16.6. The summed E-state index contributed by atoms with van der Waals surface area (Å²) in [6.45, 7) is 3.54. The van der Waals surface area contributed by atoms with E-state index in [2.05, 4.69) is 15.5 Å². The second-order valence-electron chi connectivity index (χ2n) is 6.99. The Morgan fingerprint density at radius 2 is 2.08 bits per heavy atom. The van der Waals surface area contributed by atoms with Gasteiger partial charge in [0.25, 0.3) is 11.6 Å². The van der Waals surface area contributed by atoms with Gasteiger partial charge in [-0.1, -0.05) is 0 Å². The lowest BCUT2D eigenvalue weighted by molar-refractivity contribution is -0.384. The van der Waals surface area contributed by atoms with Crippen molar-refractivity contribution in [2.75, 3.05) is 23.3 Å². The first-order valence-electron chi connectivity index (χ1n) is 8.94. The lowest BCUT2D eigenvalue weighted by atomic mass is 10.1. The Kier molecular flexibility index (Phi) is 4.10. The van der Waals surface area contributed by atoms with Gasteiger partial charge < -0.3 is 10.2 Å². The zero-order valence-corrected chi connectivity index (χ0v) is 14.6. The number of amides is 1. The maximum atomic E-state index is 12.6. The smallest absolute Gasteiger partial charge is 0.293 e. The highest BCUT2D eigenvalue weighted by Gasteiger charge is 2.29. The van der Waals surface area contributed by atoms with Gasteiger partial charge in [-0.15, -0.1) is 0 Å². The Morgan fingerprint density at radius 1 is 1.35 bits per heavy atom. The summed E-state index contributed by atoms with van der Waals surface area (Å²) in [5, 5.41) is 21.4. The van der Waals surface area contributed by atoms with Crippen LogP contribution in [0.4, 0.5) is 17.2 Å². The van der Waals surface area contributed by atoms with E-state index in [1.54, 1.807) is 12.1 Å². The molecule has 1 amide bonds. The van der Waals surface area contributed by atoms with E-state index in [-0.39, 0.29) is 11.3 Å². The van der Waals surface area contributed by atoms with E-state index in [0.29, 0.717) is 17.4 Å². The summed E-state index contributed by atoms with van der Waals surface area (Å²) in [4.78, 5) is 25.6. The predicted octanol–water partition coefficient (Wildman–Crippen LogP) is 3.36. The van der Waals surface area contributed by atoms with Gasteiger partial charge in [-0.05, 0) is 44.7 Å². The minimum absolute atomic E-state index is 0.0306. The lowest BCUT2D eigenvalue weighted by Crippen LogP contribution is -2.20. The number of aromatic nitrogens is 2. The Bertz CT molecular complexity index is 866. The molecule has 1 aliphatic heterocycles. The molecule has 2 heterocycles. The molecule has 1 aromatic carbocycles. The third-order valence-corrected chi connectivity index (χ3v) is 5.15. The molecule has 136 valence electrons. The molecule has 0 atom stereocenters. The second kappa shape index (κ2) is 6.44. The minimum Gasteiger partial charge on any atom is -0.366 e. The fraction of sp³-hybridized carbons (Fsp3) is 0.444. The summed E-state index contributed by atoms with van der Waals surface area (Å²) in [6, 6.07) is 4.66. The molecule has 1 aliphatic carbocycles. The molecule has 0 unspecified atom stereocenters. The quantitative estimate of drug-likeness (QED) is 0.632. The van der Waals surface area contributed by atoms with Crippen LogP contribution in [-0.4, -0.2) is 34.1 Å². The molecular weight excluding hydrogens is 334 g/mol. The van der Waals surface area contributed by atoms with Crippen LogP contribution < -0.4 is 10.2 Å². The SMILES string of the molecule is Cc1c(NC(=O)c2ccc(N3CCCC3)c([N+](=O)[O-])c2)n[nH]c1C1CC1. The Morgan fingerprint density at radius 3 is 2.73 bits per heavy atom. The molecule has 2 N–H and O–H groups in total. The molecule has 2 aliphatic rings. The van der Waals surface area contributed by atoms with Crippen molar-refractivity contribution in [2.45, 2.75) is 38.5 Å². The summed E-state index contributed by atoms with van der Waals surface area (Å²) in [5.74, 6) is 0.607. The van der Waals surface area contributed by atoms with Crippen LogP contribution in [-0.2, 0) is 0 Å². The molecule has 0 bridgehead atoms. The molecule has 8 heteroatoms. The van der Waals surface area contributed by atoms with Crippen LogP contribution >= 0.6 is 0 Å². The van der Waals surface area contributed by atoms with E-state index in [1.807, 2.05) is 11.8 Å². The van der Waals surface area contributed by atoms with E-state index in [0.717, 1.165) is 50.0 Å². The summed E-state index contributed by atoms with van der Waals surface area (Å²) in [6.07, 6.45) is 4.34. The highest BCUT2D eigenvalue weighted by atomic mass is 16.6. The summed E-state index contributed by atoms with van der Waals surface area (Å²) < 4.78 is 0. The van der Waals surface area contributed by atoms with Crippen molar-refractivity contribution in [3.63, 3.8) is 0 Å². The van der Waals surface area contributed by atoms with Gasteiger partial charge in [0.15, 0.2) is 5.82 Å². The van der Waals surface area contributed by atoms with E-state index in [4.69, 9.17) is 0 Å². The number of carbonyl (C=O) groups excluding carboxylic acids is 1. The van der Waals surface area contributed by atoms with Crippen LogP contribution in [0.15, 0.2) is 18.2 Å². The van der Waals surface area contributed by atoms with Crippen LogP contribution in [0.3, 0.4) is 0 Å². The highest BCUT2D eigenvalue weighted by molar-refractivity contribution is 6.05. The number of aromatic amines is 1. The summed E-state index contributed by atoms with van der Waals surface area (Å²) in [7, 11) is 0. The Hall–Kier alpha value is -2.90. The Labute approximate surface area is 150 Å². The van der Waals surface area contributed by atoms with Crippen molar-refractivity contribution in [1.29, 1.82) is 0 Å². The largest absolute Gasteiger partial charge is 0.366 e. The van der Waals surface area contributed by atoms with Gasteiger partial charge in [-0.25, -0.2) is 0 Å². The van der Waals surface area contributed by atoms with Crippen LogP contribution in [0.5, 0.6) is 0 Å².